The van der Waals surface area contributed by atoms with E-state index in [2.05, 4.69) is 0 Å². The number of hydrogen-bond donors (Lipinski definition) is 1. The lowest BCUT2D eigenvalue weighted by Gasteiger charge is -2.13. The lowest BCUT2D eigenvalue weighted by Crippen LogP contribution is -2.31. The van der Waals surface area contributed by atoms with Crippen LogP contribution in [-0.4, -0.2) is 31.9 Å². The minimum atomic E-state index is -0.942. The van der Waals surface area contributed by atoms with Crippen molar-refractivity contribution in [3.63, 3.8) is 0 Å². The van der Waals surface area contributed by atoms with Gasteiger partial charge in [0.1, 0.15) is 18.5 Å². The summed E-state index contributed by atoms with van der Waals surface area (Å²) in [5, 5.41) is 21.1. The Balaban J connectivity index is 1.75. The van der Waals surface area contributed by atoms with Crippen molar-refractivity contribution in [2.24, 2.45) is 0 Å². The van der Waals surface area contributed by atoms with Crippen molar-refractivity contribution >= 4 is 16.7 Å². The van der Waals surface area contributed by atoms with E-state index in [1.54, 1.807) is 10.6 Å². The van der Waals surface area contributed by atoms with E-state index in [4.69, 9.17) is 4.74 Å². The molecule has 3 aromatic rings. The van der Waals surface area contributed by atoms with Gasteiger partial charge in [-0.2, -0.15) is 0 Å². The Bertz CT molecular complexity index is 992. The molecule has 0 aliphatic carbocycles. The Kier molecular flexibility index (Phi) is 5.04. The van der Waals surface area contributed by atoms with Crippen molar-refractivity contribution in [2.75, 3.05) is 6.61 Å². The van der Waals surface area contributed by atoms with Crippen LogP contribution in [0.4, 0.5) is 5.69 Å². The molecule has 8 heteroatoms. The molecule has 8 nitrogen and oxygen atoms in total. The first-order chi connectivity index (χ1) is 12.5. The van der Waals surface area contributed by atoms with E-state index in [0.29, 0.717) is 12.3 Å². The van der Waals surface area contributed by atoms with Crippen LogP contribution >= 0.6 is 0 Å². The zero-order valence-corrected chi connectivity index (χ0v) is 14.2. The third-order valence-corrected chi connectivity index (χ3v) is 4.11. The van der Waals surface area contributed by atoms with Gasteiger partial charge in [-0.05, 0) is 25.1 Å². The molecule has 0 spiro atoms. The van der Waals surface area contributed by atoms with Crippen molar-refractivity contribution < 1.29 is 14.8 Å². The van der Waals surface area contributed by atoms with Gasteiger partial charge in [0.05, 0.1) is 28.6 Å². The second-order valence-electron chi connectivity index (χ2n) is 5.85. The molecule has 0 radical (unpaired) electrons. The number of aromatic nitrogens is 2. The number of ether oxygens (including phenoxy) is 1. The van der Waals surface area contributed by atoms with Crippen molar-refractivity contribution in [1.82, 2.24) is 9.13 Å². The van der Waals surface area contributed by atoms with Crippen LogP contribution in [-0.2, 0) is 13.1 Å². The molecular weight excluding hydrogens is 338 g/mol. The van der Waals surface area contributed by atoms with Crippen LogP contribution < -0.4 is 10.4 Å². The fraction of sp³-hybridized carbons (Fsp3) is 0.278. The van der Waals surface area contributed by atoms with Gasteiger partial charge in [-0.1, -0.05) is 18.2 Å². The Morgan fingerprint density at radius 3 is 2.50 bits per heavy atom. The number of nitro benzene ring substituents is 1. The Labute approximate surface area is 149 Å². The van der Waals surface area contributed by atoms with Gasteiger partial charge in [-0.3, -0.25) is 19.2 Å². The maximum Gasteiger partial charge on any atom is 0.329 e. The molecule has 1 atom stereocenters. The molecule has 0 saturated carbocycles. The van der Waals surface area contributed by atoms with Crippen LogP contribution in [0.25, 0.3) is 11.0 Å². The number of nitro groups is 1. The molecule has 0 aliphatic rings. The van der Waals surface area contributed by atoms with Crippen LogP contribution in [0.3, 0.4) is 0 Å². The fourth-order valence-electron chi connectivity index (χ4n) is 2.90. The van der Waals surface area contributed by atoms with Crippen LogP contribution in [0.15, 0.2) is 53.3 Å². The second kappa shape index (κ2) is 7.40. The van der Waals surface area contributed by atoms with E-state index < -0.39 is 11.0 Å². The minimum absolute atomic E-state index is 0.0707. The number of para-hydroxylation sites is 2. The van der Waals surface area contributed by atoms with Gasteiger partial charge in [0.15, 0.2) is 0 Å². The fourth-order valence-corrected chi connectivity index (χ4v) is 2.90. The number of benzene rings is 2. The summed E-state index contributed by atoms with van der Waals surface area (Å²) >= 11 is 0. The molecular formula is C18H19N3O5. The summed E-state index contributed by atoms with van der Waals surface area (Å²) < 4.78 is 8.60. The van der Waals surface area contributed by atoms with E-state index in [1.807, 2.05) is 31.2 Å². The van der Waals surface area contributed by atoms with Crippen LogP contribution in [0.1, 0.15) is 6.92 Å². The zero-order chi connectivity index (χ0) is 18.7. The first kappa shape index (κ1) is 17.7. The Morgan fingerprint density at radius 1 is 1.15 bits per heavy atom. The predicted octanol–water partition coefficient (Wildman–Crippen LogP) is 2.17. The molecule has 1 aromatic heterocycles. The summed E-state index contributed by atoms with van der Waals surface area (Å²) in [5.41, 5.74) is 1.28. The summed E-state index contributed by atoms with van der Waals surface area (Å²) in [5.74, 6) is 0.293. The summed E-state index contributed by atoms with van der Waals surface area (Å²) in [6.07, 6.45) is -0.942. The number of aliphatic hydroxyl groups excluding tert-OH is 1. The second-order valence-corrected chi connectivity index (χ2v) is 5.85. The molecule has 136 valence electrons. The SMILES string of the molecule is CCn1c(=O)n(CC(O)COc2cccc([N+](=O)[O-])c2)c2ccccc21. The monoisotopic (exact) mass is 357 g/mol. The predicted molar refractivity (Wildman–Crippen MR) is 96.5 cm³/mol. The Hall–Kier alpha value is -3.13. The number of rotatable bonds is 7. The van der Waals surface area contributed by atoms with Gasteiger partial charge < -0.3 is 9.84 Å². The van der Waals surface area contributed by atoms with Gasteiger partial charge >= 0.3 is 5.69 Å². The number of aliphatic hydroxyl groups is 1. The molecule has 1 N–H and O–H groups in total. The summed E-state index contributed by atoms with van der Waals surface area (Å²) in [6, 6.07) is 13.1. The number of aryl methyl sites for hydroxylation is 1. The highest BCUT2D eigenvalue weighted by Crippen LogP contribution is 2.19. The maximum atomic E-state index is 12.5. The lowest BCUT2D eigenvalue weighted by molar-refractivity contribution is -0.384. The van der Waals surface area contributed by atoms with E-state index in [9.17, 15) is 20.0 Å². The van der Waals surface area contributed by atoms with Gasteiger partial charge in [-0.15, -0.1) is 0 Å². The molecule has 1 unspecified atom stereocenters. The van der Waals surface area contributed by atoms with Crippen LogP contribution in [0.2, 0.25) is 0 Å². The molecule has 0 amide bonds. The maximum absolute atomic E-state index is 12.5. The quantitative estimate of drug-likeness (QED) is 0.516. The van der Waals surface area contributed by atoms with Crippen LogP contribution in [0.5, 0.6) is 5.75 Å². The topological polar surface area (TPSA) is 99.5 Å². The zero-order valence-electron chi connectivity index (χ0n) is 14.2. The molecule has 0 aliphatic heterocycles. The number of hydrogen-bond acceptors (Lipinski definition) is 5. The van der Waals surface area contributed by atoms with Crippen molar-refractivity contribution in [3.8, 4) is 5.75 Å². The highest BCUT2D eigenvalue weighted by Gasteiger charge is 2.16. The minimum Gasteiger partial charge on any atom is -0.491 e. The van der Waals surface area contributed by atoms with Crippen molar-refractivity contribution in [2.45, 2.75) is 26.1 Å². The normalized spacial score (nSPS) is 12.2. The number of fused-ring (bicyclic) bond motifs is 1. The summed E-state index contributed by atoms with van der Waals surface area (Å²) in [6.45, 7) is 2.41. The van der Waals surface area contributed by atoms with E-state index in [1.165, 1.54) is 22.8 Å². The van der Waals surface area contributed by atoms with Gasteiger partial charge in [0.25, 0.3) is 5.69 Å². The third-order valence-electron chi connectivity index (χ3n) is 4.11. The third kappa shape index (κ3) is 3.45. The molecule has 2 aromatic carbocycles. The molecule has 1 heterocycles. The highest BCUT2D eigenvalue weighted by molar-refractivity contribution is 5.75. The lowest BCUT2D eigenvalue weighted by atomic mass is 10.3. The first-order valence-electron chi connectivity index (χ1n) is 8.24. The molecule has 0 bridgehead atoms. The van der Waals surface area contributed by atoms with Crippen molar-refractivity contribution in [3.05, 3.63) is 69.1 Å². The average molecular weight is 357 g/mol. The highest BCUT2D eigenvalue weighted by atomic mass is 16.6. The standard InChI is InChI=1S/C18H19N3O5/c1-2-19-16-8-3-4-9-17(16)20(18(19)23)11-14(22)12-26-15-7-5-6-13(10-15)21(24)25/h3-10,14,22H,2,11-12H2,1H3. The van der Waals surface area contributed by atoms with Gasteiger partial charge in [0, 0.05) is 12.6 Å². The average Bonchev–Trinajstić information content (AvgIpc) is 2.91. The van der Waals surface area contributed by atoms with Gasteiger partial charge in [0.2, 0.25) is 0 Å². The summed E-state index contributed by atoms with van der Waals surface area (Å²) in [4.78, 5) is 22.8. The largest absolute Gasteiger partial charge is 0.491 e. The van der Waals surface area contributed by atoms with E-state index in [-0.39, 0.29) is 24.5 Å². The Morgan fingerprint density at radius 2 is 1.85 bits per heavy atom. The van der Waals surface area contributed by atoms with Crippen LogP contribution in [0, 0.1) is 10.1 Å². The molecule has 3 rings (SSSR count). The molecule has 0 fully saturated rings. The molecule has 0 saturated heterocycles. The smallest absolute Gasteiger partial charge is 0.329 e. The summed E-state index contributed by atoms with van der Waals surface area (Å²) in [7, 11) is 0. The number of non-ortho nitro benzene ring substituents is 1. The molecule has 26 heavy (non-hydrogen) atoms. The van der Waals surface area contributed by atoms with Crippen molar-refractivity contribution in [1.29, 1.82) is 0 Å². The van der Waals surface area contributed by atoms with E-state index >= 15 is 0 Å². The first-order valence-corrected chi connectivity index (χ1v) is 8.24. The number of nitrogens with zero attached hydrogens (tertiary/aromatic N) is 3. The number of imidazole rings is 1. The van der Waals surface area contributed by atoms with E-state index in [0.717, 1.165) is 11.0 Å². The van der Waals surface area contributed by atoms with Gasteiger partial charge in [-0.25, -0.2) is 4.79 Å².